The largest absolute Gasteiger partial charge is 0.192 e. The molecule has 5 rings (SSSR count). The molecule has 0 aromatic heterocycles. The van der Waals surface area contributed by atoms with E-state index < -0.39 is 15.8 Å². The van der Waals surface area contributed by atoms with Crippen molar-refractivity contribution in [3.8, 4) is 12.1 Å². The number of hydrogen-bond donors (Lipinski definition) is 0. The molecule has 5 aromatic rings. The predicted octanol–water partition coefficient (Wildman–Crippen LogP) is 4.95. The van der Waals surface area contributed by atoms with Crippen LogP contribution in [0.1, 0.15) is 11.1 Å². The average molecular weight is 496 g/mol. The van der Waals surface area contributed by atoms with Gasteiger partial charge in [0.1, 0.15) is 12.1 Å². The third-order valence-electron chi connectivity index (χ3n) is 5.89. The second-order valence-electron chi connectivity index (χ2n) is 8.12. The summed E-state index contributed by atoms with van der Waals surface area (Å²) < 4.78 is 0. The maximum Gasteiger partial charge on any atom is 0.101 e. The highest BCUT2D eigenvalue weighted by molar-refractivity contribution is 7.85. The fourth-order valence-corrected chi connectivity index (χ4v) is 9.58. The molecule has 0 heterocycles. The SMILES string of the molecule is N#Cc1cc(P(c2ccccc2)c2ccccc2)c(P(c2ccccc2)c2ccccc2)cc1C#N. The molecule has 0 saturated heterocycles. The summed E-state index contributed by atoms with van der Waals surface area (Å²) in [6.45, 7) is 0. The molecule has 0 fully saturated rings. The predicted molar refractivity (Wildman–Crippen MR) is 153 cm³/mol. The van der Waals surface area contributed by atoms with Crippen molar-refractivity contribution in [2.45, 2.75) is 0 Å². The molecule has 4 heteroatoms. The summed E-state index contributed by atoms with van der Waals surface area (Å²) in [7, 11) is -1.93. The molecule has 170 valence electrons. The second kappa shape index (κ2) is 11.1. The van der Waals surface area contributed by atoms with Gasteiger partial charge in [-0.3, -0.25) is 0 Å². The van der Waals surface area contributed by atoms with Crippen LogP contribution < -0.4 is 31.8 Å². The minimum absolute atomic E-state index is 0.423. The fourth-order valence-electron chi connectivity index (χ4n) is 4.28. The molecule has 2 nitrogen and oxygen atoms in total. The van der Waals surface area contributed by atoms with Crippen LogP contribution in [-0.2, 0) is 0 Å². The van der Waals surface area contributed by atoms with Gasteiger partial charge in [0.15, 0.2) is 0 Å². The topological polar surface area (TPSA) is 47.6 Å². The van der Waals surface area contributed by atoms with Crippen LogP contribution in [0, 0.1) is 22.7 Å². The molecule has 0 bridgehead atoms. The number of nitrogens with zero attached hydrogens (tertiary/aromatic N) is 2. The summed E-state index contributed by atoms with van der Waals surface area (Å²) >= 11 is 0. The highest BCUT2D eigenvalue weighted by Gasteiger charge is 2.27. The second-order valence-corrected chi connectivity index (χ2v) is 12.5. The lowest BCUT2D eigenvalue weighted by atomic mass is 10.1. The van der Waals surface area contributed by atoms with Crippen molar-refractivity contribution >= 4 is 47.7 Å². The van der Waals surface area contributed by atoms with Gasteiger partial charge in [0, 0.05) is 0 Å². The highest BCUT2D eigenvalue weighted by Crippen LogP contribution is 2.39. The van der Waals surface area contributed by atoms with Crippen molar-refractivity contribution < 1.29 is 0 Å². The Balaban J connectivity index is 1.86. The maximum absolute atomic E-state index is 9.97. The molecular formula is C32H22N2P2. The van der Waals surface area contributed by atoms with E-state index in [4.69, 9.17) is 0 Å². The van der Waals surface area contributed by atoms with E-state index in [0.29, 0.717) is 11.1 Å². The van der Waals surface area contributed by atoms with Crippen molar-refractivity contribution in [2.75, 3.05) is 0 Å². The average Bonchev–Trinajstić information content (AvgIpc) is 2.96. The van der Waals surface area contributed by atoms with Crippen molar-refractivity contribution in [1.29, 1.82) is 10.5 Å². The quantitative estimate of drug-likeness (QED) is 0.313. The van der Waals surface area contributed by atoms with E-state index >= 15 is 0 Å². The van der Waals surface area contributed by atoms with Crippen LogP contribution in [0.2, 0.25) is 0 Å². The lowest BCUT2D eigenvalue weighted by molar-refractivity contribution is 1.44. The molecule has 0 atom stereocenters. The van der Waals surface area contributed by atoms with Gasteiger partial charge in [-0.1, -0.05) is 121 Å². The number of nitriles is 2. The summed E-state index contributed by atoms with van der Waals surface area (Å²) in [4.78, 5) is 0. The van der Waals surface area contributed by atoms with Crippen molar-refractivity contribution in [2.24, 2.45) is 0 Å². The zero-order valence-corrected chi connectivity index (χ0v) is 21.3. The Morgan fingerprint density at radius 3 is 0.861 bits per heavy atom. The molecule has 0 radical (unpaired) electrons. The van der Waals surface area contributed by atoms with Crippen LogP contribution in [0.3, 0.4) is 0 Å². The summed E-state index contributed by atoms with van der Waals surface area (Å²) in [5, 5.41) is 27.0. The number of benzene rings is 5. The van der Waals surface area contributed by atoms with E-state index in [0.717, 1.165) is 10.6 Å². The van der Waals surface area contributed by atoms with Crippen molar-refractivity contribution in [3.05, 3.63) is 145 Å². The monoisotopic (exact) mass is 496 g/mol. The Kier molecular flexibility index (Phi) is 7.31. The van der Waals surface area contributed by atoms with E-state index in [-0.39, 0.29) is 0 Å². The summed E-state index contributed by atoms with van der Waals surface area (Å²) in [5.41, 5.74) is 0.846. The summed E-state index contributed by atoms with van der Waals surface area (Å²) in [6.07, 6.45) is 0. The van der Waals surface area contributed by atoms with E-state index in [1.54, 1.807) is 0 Å². The first-order valence-electron chi connectivity index (χ1n) is 11.6. The van der Waals surface area contributed by atoms with Gasteiger partial charge >= 0.3 is 0 Å². The zero-order chi connectivity index (χ0) is 24.7. The molecule has 5 aromatic carbocycles. The molecule has 0 spiro atoms. The maximum atomic E-state index is 9.97. The van der Waals surface area contributed by atoms with Gasteiger partial charge in [0.25, 0.3) is 0 Å². The highest BCUT2D eigenvalue weighted by atomic mass is 31.1. The summed E-state index contributed by atoms with van der Waals surface area (Å²) in [5.74, 6) is 0. The van der Waals surface area contributed by atoms with Gasteiger partial charge in [-0.25, -0.2) is 0 Å². The van der Waals surface area contributed by atoms with Gasteiger partial charge in [0.05, 0.1) is 11.1 Å². The molecule has 0 aliphatic heterocycles. The van der Waals surface area contributed by atoms with Gasteiger partial charge in [-0.15, -0.1) is 0 Å². The lowest BCUT2D eigenvalue weighted by Crippen LogP contribution is -2.35. The number of hydrogen-bond acceptors (Lipinski definition) is 2. The first-order chi connectivity index (χ1) is 17.8. The third kappa shape index (κ3) is 4.85. The molecule has 0 unspecified atom stereocenters. The van der Waals surface area contributed by atoms with Gasteiger partial charge in [0.2, 0.25) is 0 Å². The molecular weight excluding hydrogens is 474 g/mol. The van der Waals surface area contributed by atoms with Crippen LogP contribution in [0.25, 0.3) is 0 Å². The van der Waals surface area contributed by atoms with Gasteiger partial charge in [-0.05, 0) is 59.8 Å². The third-order valence-corrected chi connectivity index (χ3v) is 11.0. The molecule has 0 aliphatic carbocycles. The Hall–Kier alpha value is -4.06. The first kappa shape index (κ1) is 23.7. The van der Waals surface area contributed by atoms with Gasteiger partial charge in [-0.2, -0.15) is 10.5 Å². The molecule has 0 saturated carbocycles. The Morgan fingerprint density at radius 2 is 0.639 bits per heavy atom. The standard InChI is InChI=1S/C32H22N2P2/c33-23-25-21-31(35(27-13-5-1-6-14-27)28-15-7-2-8-16-28)32(22-26(25)24-34)36(29-17-9-3-10-18-29)30-19-11-4-12-20-30/h1-22H. The normalized spacial score (nSPS) is 10.7. The molecule has 0 amide bonds. The first-order valence-corrected chi connectivity index (χ1v) is 14.3. The molecule has 0 aliphatic rings. The Labute approximate surface area is 214 Å². The van der Waals surface area contributed by atoms with Crippen LogP contribution in [0.5, 0.6) is 0 Å². The van der Waals surface area contributed by atoms with E-state index in [9.17, 15) is 10.5 Å². The fraction of sp³-hybridized carbons (Fsp3) is 0. The minimum Gasteiger partial charge on any atom is -0.192 e. The Bertz CT molecular complexity index is 1340. The molecule has 36 heavy (non-hydrogen) atoms. The van der Waals surface area contributed by atoms with Crippen molar-refractivity contribution in [3.63, 3.8) is 0 Å². The van der Waals surface area contributed by atoms with Crippen LogP contribution in [0.15, 0.2) is 133 Å². The van der Waals surface area contributed by atoms with Crippen LogP contribution >= 0.6 is 15.8 Å². The smallest absolute Gasteiger partial charge is 0.101 e. The van der Waals surface area contributed by atoms with Crippen molar-refractivity contribution in [1.82, 2.24) is 0 Å². The summed E-state index contributed by atoms with van der Waals surface area (Å²) in [6, 6.07) is 50.5. The van der Waals surface area contributed by atoms with E-state index in [2.05, 4.69) is 109 Å². The van der Waals surface area contributed by atoms with Gasteiger partial charge < -0.3 is 0 Å². The van der Waals surface area contributed by atoms with E-state index in [1.807, 2.05) is 36.4 Å². The van der Waals surface area contributed by atoms with Crippen LogP contribution in [-0.4, -0.2) is 0 Å². The van der Waals surface area contributed by atoms with E-state index in [1.165, 1.54) is 21.2 Å². The minimum atomic E-state index is -0.964. The number of rotatable bonds is 6. The zero-order valence-electron chi connectivity index (χ0n) is 19.5. The Morgan fingerprint density at radius 1 is 0.389 bits per heavy atom. The van der Waals surface area contributed by atoms with Crippen LogP contribution in [0.4, 0.5) is 0 Å². The molecule has 0 N–H and O–H groups in total. The lowest BCUT2D eigenvalue weighted by Gasteiger charge is -2.28.